The number of para-hydroxylation sites is 2. The number of ether oxygens (including phenoxy) is 2. The van der Waals surface area contributed by atoms with Crippen molar-refractivity contribution in [2.45, 2.75) is 0 Å². The predicted octanol–water partition coefficient (Wildman–Crippen LogP) is 5.03. The Morgan fingerprint density at radius 2 is 1.48 bits per heavy atom. The van der Waals surface area contributed by atoms with Crippen LogP contribution in [0.5, 0.6) is 23.5 Å². The van der Waals surface area contributed by atoms with Crippen LogP contribution in [-0.2, 0) is 7.05 Å². The second-order valence-corrected chi connectivity index (χ2v) is 8.59. The lowest BCUT2D eigenvalue weighted by molar-refractivity contribution is 0.400. The van der Waals surface area contributed by atoms with Crippen LogP contribution in [0.25, 0.3) is 21.9 Å². The smallest absolute Gasteiger partial charge is 0.339 e. The highest BCUT2D eigenvalue weighted by molar-refractivity contribution is 5.85. The molecular formula is C29H18N6O5. The van der Waals surface area contributed by atoms with Crippen molar-refractivity contribution in [1.82, 2.24) is 19.5 Å². The topological polar surface area (TPSA) is 145 Å². The lowest BCUT2D eigenvalue weighted by atomic mass is 10.2. The summed E-state index contributed by atoms with van der Waals surface area (Å²) in [5.74, 6) is 0.475. The van der Waals surface area contributed by atoms with E-state index in [9.17, 15) is 9.59 Å². The Balaban J connectivity index is 1.44. The second kappa shape index (κ2) is 10.0. The zero-order chi connectivity index (χ0) is 27.6. The van der Waals surface area contributed by atoms with Gasteiger partial charge in [0.25, 0.3) is 5.56 Å². The molecule has 0 aliphatic carbocycles. The lowest BCUT2D eigenvalue weighted by Gasteiger charge is -2.13. The highest BCUT2D eigenvalue weighted by Gasteiger charge is 2.16. The van der Waals surface area contributed by atoms with Crippen LogP contribution in [0.1, 0.15) is 5.56 Å². The van der Waals surface area contributed by atoms with Crippen LogP contribution in [0, 0.1) is 11.3 Å². The minimum atomic E-state index is -0.609. The van der Waals surface area contributed by atoms with Crippen LogP contribution in [-0.4, -0.2) is 19.5 Å². The molecule has 11 nitrogen and oxygen atoms in total. The normalized spacial score (nSPS) is 10.8. The number of hydrogen-bond donors (Lipinski definition) is 1. The molecule has 0 amide bonds. The average molecular weight is 531 g/mol. The number of anilines is 2. The van der Waals surface area contributed by atoms with E-state index in [0.29, 0.717) is 33.1 Å². The third-order valence-corrected chi connectivity index (χ3v) is 6.00. The van der Waals surface area contributed by atoms with Crippen molar-refractivity contribution in [2.75, 3.05) is 5.32 Å². The van der Waals surface area contributed by atoms with Gasteiger partial charge in [0.15, 0.2) is 0 Å². The summed E-state index contributed by atoms with van der Waals surface area (Å²) >= 11 is 0. The number of nitriles is 1. The number of nitrogens with one attached hydrogen (secondary N) is 1. The quantitative estimate of drug-likeness (QED) is 0.291. The molecule has 0 atom stereocenters. The Hall–Kier alpha value is -6.02. The summed E-state index contributed by atoms with van der Waals surface area (Å²) in [5.41, 5.74) is 1.18. The lowest BCUT2D eigenvalue weighted by Crippen LogP contribution is -2.16. The largest absolute Gasteiger partial charge is 0.423 e. The van der Waals surface area contributed by atoms with Gasteiger partial charge in [0.1, 0.15) is 17.1 Å². The number of rotatable bonds is 6. The van der Waals surface area contributed by atoms with E-state index in [2.05, 4.69) is 26.3 Å². The zero-order valence-corrected chi connectivity index (χ0v) is 20.9. The molecule has 0 saturated heterocycles. The van der Waals surface area contributed by atoms with Crippen LogP contribution in [0.3, 0.4) is 0 Å². The molecule has 0 aliphatic rings. The Kier molecular flexibility index (Phi) is 6.10. The minimum absolute atomic E-state index is 0.0603. The van der Waals surface area contributed by atoms with E-state index in [1.54, 1.807) is 61.6 Å². The zero-order valence-electron chi connectivity index (χ0n) is 20.9. The molecule has 40 heavy (non-hydrogen) atoms. The number of hydrogen-bond acceptors (Lipinski definition) is 10. The molecule has 11 heteroatoms. The van der Waals surface area contributed by atoms with Crippen LogP contribution in [0.15, 0.2) is 98.9 Å². The molecule has 6 aromatic rings. The SMILES string of the molecule is Cn1c(=O)cc(Oc2nc(Nc3ccc(C#N)cc3)nc(Oc3cc(=O)oc4ccccc34)n2)c2ccccc21. The van der Waals surface area contributed by atoms with Gasteiger partial charge >= 0.3 is 17.6 Å². The number of aryl methyl sites for hydroxylation is 1. The fourth-order valence-corrected chi connectivity index (χ4v) is 4.07. The van der Waals surface area contributed by atoms with Gasteiger partial charge in [-0.1, -0.05) is 24.3 Å². The van der Waals surface area contributed by atoms with Crippen molar-refractivity contribution in [1.29, 1.82) is 5.26 Å². The second-order valence-electron chi connectivity index (χ2n) is 8.59. The molecule has 3 heterocycles. The van der Waals surface area contributed by atoms with Crippen molar-refractivity contribution in [3.05, 3.63) is 111 Å². The first-order valence-electron chi connectivity index (χ1n) is 12.0. The first-order valence-corrected chi connectivity index (χ1v) is 12.0. The standard InChI is InChI=1S/C29H18N6O5/c1-35-21-8-4-2-6-19(21)23(14-25(35)36)39-28-32-27(31-18-12-10-17(16-30)11-13-18)33-29(34-28)40-24-15-26(37)38-22-9-5-3-7-20(22)24/h2-15H,1H3,(H,31,32,33,34). The summed E-state index contributed by atoms with van der Waals surface area (Å²) in [5, 5.41) is 13.3. The van der Waals surface area contributed by atoms with Gasteiger partial charge in [-0.15, -0.1) is 4.98 Å². The minimum Gasteiger partial charge on any atom is -0.423 e. The monoisotopic (exact) mass is 530 g/mol. The maximum atomic E-state index is 12.6. The van der Waals surface area contributed by atoms with Crippen LogP contribution in [0.2, 0.25) is 0 Å². The van der Waals surface area contributed by atoms with Crippen molar-refractivity contribution < 1.29 is 13.9 Å². The van der Waals surface area contributed by atoms with E-state index < -0.39 is 5.63 Å². The summed E-state index contributed by atoms with van der Waals surface area (Å²) in [4.78, 5) is 37.7. The molecule has 1 N–H and O–H groups in total. The van der Waals surface area contributed by atoms with E-state index in [1.807, 2.05) is 18.2 Å². The summed E-state index contributed by atoms with van der Waals surface area (Å²) in [7, 11) is 1.67. The molecule has 6 rings (SSSR count). The van der Waals surface area contributed by atoms with Gasteiger partial charge in [-0.05, 0) is 48.5 Å². The summed E-state index contributed by atoms with van der Waals surface area (Å²) in [6.45, 7) is 0. The van der Waals surface area contributed by atoms with E-state index in [0.717, 1.165) is 0 Å². The third kappa shape index (κ3) is 4.80. The molecule has 3 aromatic carbocycles. The highest BCUT2D eigenvalue weighted by atomic mass is 16.5. The van der Waals surface area contributed by atoms with E-state index in [1.165, 1.54) is 16.7 Å². The van der Waals surface area contributed by atoms with Crippen molar-refractivity contribution in [3.63, 3.8) is 0 Å². The van der Waals surface area contributed by atoms with Crippen LogP contribution >= 0.6 is 0 Å². The molecular weight excluding hydrogens is 512 g/mol. The fourth-order valence-electron chi connectivity index (χ4n) is 4.07. The van der Waals surface area contributed by atoms with Crippen molar-refractivity contribution in [3.8, 4) is 29.6 Å². The summed E-state index contributed by atoms with van der Waals surface area (Å²) in [6.07, 6.45) is 0. The molecule has 0 aliphatic heterocycles. The predicted molar refractivity (Wildman–Crippen MR) is 146 cm³/mol. The van der Waals surface area contributed by atoms with E-state index in [-0.39, 0.29) is 35.0 Å². The van der Waals surface area contributed by atoms with Gasteiger partial charge in [0, 0.05) is 24.2 Å². The number of benzene rings is 3. The van der Waals surface area contributed by atoms with Crippen LogP contribution in [0.4, 0.5) is 11.6 Å². The molecule has 3 aromatic heterocycles. The highest BCUT2D eigenvalue weighted by Crippen LogP contribution is 2.31. The molecule has 0 spiro atoms. The molecule has 0 bridgehead atoms. The Labute approximate surface area is 225 Å². The molecule has 0 saturated carbocycles. The average Bonchev–Trinajstić information content (AvgIpc) is 2.96. The number of pyridine rings is 1. The number of fused-ring (bicyclic) bond motifs is 2. The van der Waals surface area contributed by atoms with Gasteiger partial charge in [0.05, 0.1) is 28.6 Å². The van der Waals surface area contributed by atoms with E-state index >= 15 is 0 Å². The molecule has 0 unspecified atom stereocenters. The maximum Gasteiger partial charge on any atom is 0.339 e. The van der Waals surface area contributed by atoms with Gasteiger partial charge in [-0.25, -0.2) is 4.79 Å². The number of nitrogens with zero attached hydrogens (tertiary/aromatic N) is 5. The Morgan fingerprint density at radius 1 is 0.825 bits per heavy atom. The van der Waals surface area contributed by atoms with Gasteiger partial charge in [-0.3, -0.25) is 4.79 Å². The summed E-state index contributed by atoms with van der Waals surface area (Å²) < 4.78 is 18.7. The van der Waals surface area contributed by atoms with Crippen molar-refractivity contribution >= 4 is 33.5 Å². The molecule has 194 valence electrons. The first kappa shape index (κ1) is 24.3. The van der Waals surface area contributed by atoms with Gasteiger partial charge in [0.2, 0.25) is 5.95 Å². The fraction of sp³-hybridized carbons (Fsp3) is 0.0345. The summed E-state index contributed by atoms with van der Waals surface area (Å²) in [6, 6.07) is 25.1. The molecule has 0 radical (unpaired) electrons. The first-order chi connectivity index (χ1) is 19.5. The Morgan fingerprint density at radius 3 is 2.20 bits per heavy atom. The molecule has 0 fully saturated rings. The van der Waals surface area contributed by atoms with Crippen LogP contribution < -0.4 is 26.0 Å². The Bertz CT molecular complexity index is 2060. The third-order valence-electron chi connectivity index (χ3n) is 6.00. The maximum absolute atomic E-state index is 12.6. The van der Waals surface area contributed by atoms with Crippen molar-refractivity contribution in [2.24, 2.45) is 7.05 Å². The number of aromatic nitrogens is 4. The van der Waals surface area contributed by atoms with Gasteiger partial charge < -0.3 is 23.8 Å². The van der Waals surface area contributed by atoms with Gasteiger partial charge in [-0.2, -0.15) is 15.2 Å². The van der Waals surface area contributed by atoms with E-state index in [4.69, 9.17) is 19.2 Å².